The Balaban J connectivity index is 2.38. The van der Waals surface area contributed by atoms with Gasteiger partial charge in [0, 0.05) is 25.4 Å². The van der Waals surface area contributed by atoms with Crippen molar-refractivity contribution in [3.63, 3.8) is 0 Å². The van der Waals surface area contributed by atoms with Crippen LogP contribution in [-0.2, 0) is 9.84 Å². The normalized spacial score (nSPS) is 24.4. The summed E-state index contributed by atoms with van der Waals surface area (Å²) in [6.45, 7) is 3.27. The fraction of sp³-hybridized carbons (Fsp3) is 0.923. The lowest BCUT2D eigenvalue weighted by molar-refractivity contribution is 0.120. The number of nitrogens with zero attached hydrogens (tertiary/aromatic N) is 1. The predicted octanol–water partition coefficient (Wildman–Crippen LogP) is 0.280. The molecule has 0 aliphatic heterocycles. The molecule has 1 aliphatic carbocycles. The summed E-state index contributed by atoms with van der Waals surface area (Å²) in [5, 5.41) is 16.0. The molecule has 1 aliphatic rings. The SMILES string of the molecule is CCNC(=NCCCS(C)(=O)=O)NC1CCC(O)CC1. The summed E-state index contributed by atoms with van der Waals surface area (Å²) in [4.78, 5) is 4.40. The summed E-state index contributed by atoms with van der Waals surface area (Å²) in [6, 6.07) is 0.339. The lowest BCUT2D eigenvalue weighted by atomic mass is 9.93. The van der Waals surface area contributed by atoms with Crippen molar-refractivity contribution < 1.29 is 13.5 Å². The highest BCUT2D eigenvalue weighted by molar-refractivity contribution is 7.90. The zero-order chi connectivity index (χ0) is 15.0. The van der Waals surface area contributed by atoms with Gasteiger partial charge in [0.05, 0.1) is 11.9 Å². The first-order chi connectivity index (χ1) is 9.40. The summed E-state index contributed by atoms with van der Waals surface area (Å²) in [6.07, 6.45) is 5.15. The summed E-state index contributed by atoms with van der Waals surface area (Å²) >= 11 is 0. The number of guanidine groups is 1. The maximum Gasteiger partial charge on any atom is 0.191 e. The van der Waals surface area contributed by atoms with E-state index >= 15 is 0 Å². The van der Waals surface area contributed by atoms with Crippen molar-refractivity contribution in [2.75, 3.05) is 25.1 Å². The Kier molecular flexibility index (Phi) is 7.29. The van der Waals surface area contributed by atoms with Gasteiger partial charge in [-0.1, -0.05) is 0 Å². The van der Waals surface area contributed by atoms with E-state index in [0.29, 0.717) is 19.0 Å². The van der Waals surface area contributed by atoms with E-state index in [4.69, 9.17) is 0 Å². The lowest BCUT2D eigenvalue weighted by Gasteiger charge is -2.27. The molecule has 1 fully saturated rings. The standard InChI is InChI=1S/C13H27N3O3S/c1-3-14-13(15-9-4-10-20(2,18)19)16-11-5-7-12(17)8-6-11/h11-12,17H,3-10H2,1-2H3,(H2,14,15,16). The van der Waals surface area contributed by atoms with Crippen molar-refractivity contribution in [3.05, 3.63) is 0 Å². The first-order valence-electron chi connectivity index (χ1n) is 7.31. The third-order valence-corrected chi connectivity index (χ3v) is 4.36. The van der Waals surface area contributed by atoms with Crippen LogP contribution in [0.2, 0.25) is 0 Å². The Hall–Kier alpha value is -0.820. The molecule has 0 radical (unpaired) electrons. The summed E-state index contributed by atoms with van der Waals surface area (Å²) in [5.74, 6) is 0.910. The van der Waals surface area contributed by atoms with E-state index in [9.17, 15) is 13.5 Å². The van der Waals surface area contributed by atoms with Crippen molar-refractivity contribution in [3.8, 4) is 0 Å². The smallest absolute Gasteiger partial charge is 0.191 e. The molecule has 1 saturated carbocycles. The van der Waals surface area contributed by atoms with Crippen LogP contribution >= 0.6 is 0 Å². The molecule has 7 heteroatoms. The molecule has 3 N–H and O–H groups in total. The molecular weight excluding hydrogens is 278 g/mol. The van der Waals surface area contributed by atoms with Gasteiger partial charge >= 0.3 is 0 Å². The van der Waals surface area contributed by atoms with E-state index in [1.807, 2.05) is 6.92 Å². The molecule has 6 nitrogen and oxygen atoms in total. The van der Waals surface area contributed by atoms with Crippen LogP contribution in [0.1, 0.15) is 39.0 Å². The van der Waals surface area contributed by atoms with Gasteiger partial charge in [0.25, 0.3) is 0 Å². The fourth-order valence-corrected chi connectivity index (χ4v) is 2.90. The largest absolute Gasteiger partial charge is 0.393 e. The van der Waals surface area contributed by atoms with Crippen LogP contribution in [0, 0.1) is 0 Å². The highest BCUT2D eigenvalue weighted by Crippen LogP contribution is 2.18. The first-order valence-corrected chi connectivity index (χ1v) is 9.37. The predicted molar refractivity (Wildman–Crippen MR) is 81.7 cm³/mol. The third-order valence-electron chi connectivity index (χ3n) is 3.32. The number of rotatable bonds is 6. The second-order valence-corrected chi connectivity index (χ2v) is 7.65. The second kappa shape index (κ2) is 8.46. The molecule has 0 bridgehead atoms. The van der Waals surface area contributed by atoms with E-state index in [2.05, 4.69) is 15.6 Å². The quantitative estimate of drug-likeness (QED) is 0.372. The van der Waals surface area contributed by atoms with Crippen molar-refractivity contribution in [2.45, 2.75) is 51.2 Å². The molecular formula is C13H27N3O3S. The molecule has 0 aromatic heterocycles. The van der Waals surface area contributed by atoms with Crippen LogP contribution in [0.4, 0.5) is 0 Å². The molecule has 0 saturated heterocycles. The van der Waals surface area contributed by atoms with E-state index < -0.39 is 9.84 Å². The van der Waals surface area contributed by atoms with Crippen molar-refractivity contribution in [2.24, 2.45) is 4.99 Å². The summed E-state index contributed by atoms with van der Waals surface area (Å²) < 4.78 is 22.1. The molecule has 0 unspecified atom stereocenters. The van der Waals surface area contributed by atoms with E-state index in [1.54, 1.807) is 0 Å². The van der Waals surface area contributed by atoms with Gasteiger partial charge in [0.15, 0.2) is 5.96 Å². The molecule has 0 aromatic carbocycles. The average Bonchev–Trinajstić information content (AvgIpc) is 2.36. The molecule has 0 amide bonds. The van der Waals surface area contributed by atoms with Gasteiger partial charge in [0.1, 0.15) is 9.84 Å². The van der Waals surface area contributed by atoms with Gasteiger partial charge in [-0.3, -0.25) is 4.99 Å². The maximum atomic E-state index is 11.0. The topological polar surface area (TPSA) is 90.8 Å². The minimum absolute atomic E-state index is 0.165. The molecule has 0 heterocycles. The van der Waals surface area contributed by atoms with Crippen LogP contribution in [0.5, 0.6) is 0 Å². The van der Waals surface area contributed by atoms with Crippen LogP contribution in [0.15, 0.2) is 4.99 Å². The van der Waals surface area contributed by atoms with E-state index in [1.165, 1.54) is 6.26 Å². The third kappa shape index (κ3) is 7.69. The number of aliphatic hydroxyl groups excluding tert-OH is 1. The summed E-state index contributed by atoms with van der Waals surface area (Å²) in [7, 11) is -2.91. The van der Waals surface area contributed by atoms with Crippen molar-refractivity contribution >= 4 is 15.8 Å². The van der Waals surface area contributed by atoms with Gasteiger partial charge in [-0.2, -0.15) is 0 Å². The highest BCUT2D eigenvalue weighted by atomic mass is 32.2. The zero-order valence-corrected chi connectivity index (χ0v) is 13.2. The number of sulfone groups is 1. The van der Waals surface area contributed by atoms with Crippen LogP contribution in [0.25, 0.3) is 0 Å². The average molecular weight is 305 g/mol. The van der Waals surface area contributed by atoms with Crippen molar-refractivity contribution in [1.82, 2.24) is 10.6 Å². The monoisotopic (exact) mass is 305 g/mol. The Morgan fingerprint density at radius 3 is 2.50 bits per heavy atom. The first kappa shape index (κ1) is 17.2. The van der Waals surface area contributed by atoms with E-state index in [-0.39, 0.29) is 11.9 Å². The molecule has 118 valence electrons. The Morgan fingerprint density at radius 2 is 1.95 bits per heavy atom. The fourth-order valence-electron chi connectivity index (χ4n) is 2.25. The number of nitrogens with one attached hydrogen (secondary N) is 2. The van der Waals surface area contributed by atoms with E-state index in [0.717, 1.165) is 38.2 Å². The highest BCUT2D eigenvalue weighted by Gasteiger charge is 2.19. The Labute approximate surface area is 122 Å². The van der Waals surface area contributed by atoms with Gasteiger partial charge in [0.2, 0.25) is 0 Å². The number of hydrogen-bond acceptors (Lipinski definition) is 4. The van der Waals surface area contributed by atoms with Gasteiger partial charge in [-0.25, -0.2) is 8.42 Å². The second-order valence-electron chi connectivity index (χ2n) is 5.39. The Bertz CT molecular complexity index is 401. The molecule has 0 spiro atoms. The van der Waals surface area contributed by atoms with Crippen LogP contribution in [0.3, 0.4) is 0 Å². The Morgan fingerprint density at radius 1 is 1.30 bits per heavy atom. The zero-order valence-electron chi connectivity index (χ0n) is 12.4. The molecule has 0 atom stereocenters. The number of aliphatic hydroxyl groups is 1. The van der Waals surface area contributed by atoms with Crippen molar-refractivity contribution in [1.29, 1.82) is 0 Å². The lowest BCUT2D eigenvalue weighted by Crippen LogP contribution is -2.45. The minimum Gasteiger partial charge on any atom is -0.393 e. The summed E-state index contributed by atoms with van der Waals surface area (Å²) in [5.41, 5.74) is 0. The number of hydrogen-bond donors (Lipinski definition) is 3. The molecule has 1 rings (SSSR count). The maximum absolute atomic E-state index is 11.0. The van der Waals surface area contributed by atoms with Crippen LogP contribution < -0.4 is 10.6 Å². The number of aliphatic imine (C=N–C) groups is 1. The minimum atomic E-state index is -2.91. The van der Waals surface area contributed by atoms with Crippen LogP contribution in [-0.4, -0.2) is 56.7 Å². The van der Waals surface area contributed by atoms with Gasteiger partial charge in [-0.05, 0) is 39.0 Å². The van der Waals surface area contributed by atoms with Gasteiger partial charge in [-0.15, -0.1) is 0 Å². The van der Waals surface area contributed by atoms with Gasteiger partial charge < -0.3 is 15.7 Å². The molecule has 0 aromatic rings. The molecule has 20 heavy (non-hydrogen) atoms.